The van der Waals surface area contributed by atoms with Crippen molar-refractivity contribution >= 4 is 11.6 Å². The fraction of sp³-hybridized carbons (Fsp3) is 0.533. The van der Waals surface area contributed by atoms with Gasteiger partial charge in [0, 0.05) is 19.6 Å². The number of amides is 1. The Labute approximate surface area is 124 Å². The molecule has 1 amide bonds. The van der Waals surface area contributed by atoms with Gasteiger partial charge in [-0.25, -0.2) is 4.39 Å². The van der Waals surface area contributed by atoms with Gasteiger partial charge in [0.15, 0.2) is 0 Å². The van der Waals surface area contributed by atoms with Crippen molar-refractivity contribution < 1.29 is 13.9 Å². The van der Waals surface area contributed by atoms with E-state index in [1.54, 1.807) is 6.07 Å². The zero-order valence-corrected chi connectivity index (χ0v) is 12.3. The molecule has 3 N–H and O–H groups in total. The standard InChI is InChI=1S/C15H22FN3O2/c1-2-13(17)15(20)18-10-11-3-4-14(12(16)9-11)19-5-7-21-8-6-19/h3-4,9,13H,2,5-8,10,17H2,1H3,(H,18,20)/t13-/m1/s1. The van der Waals surface area contributed by atoms with Crippen molar-refractivity contribution in [3.63, 3.8) is 0 Å². The van der Waals surface area contributed by atoms with Crippen molar-refractivity contribution in [2.24, 2.45) is 5.73 Å². The van der Waals surface area contributed by atoms with E-state index in [1.165, 1.54) is 6.07 Å². The van der Waals surface area contributed by atoms with Gasteiger partial charge in [0.25, 0.3) is 0 Å². The first-order valence-corrected chi connectivity index (χ1v) is 7.26. The number of rotatable bonds is 5. The molecule has 1 saturated heterocycles. The second kappa shape index (κ2) is 7.38. The lowest BCUT2D eigenvalue weighted by Crippen LogP contribution is -2.39. The van der Waals surface area contributed by atoms with E-state index in [0.29, 0.717) is 38.4 Å². The van der Waals surface area contributed by atoms with Crippen LogP contribution in [0.2, 0.25) is 0 Å². The highest BCUT2D eigenvalue weighted by Crippen LogP contribution is 2.21. The molecule has 0 unspecified atom stereocenters. The van der Waals surface area contributed by atoms with Gasteiger partial charge in [0.1, 0.15) is 5.82 Å². The predicted octanol–water partition coefficient (Wildman–Crippen LogP) is 1.02. The van der Waals surface area contributed by atoms with Gasteiger partial charge in [-0.2, -0.15) is 0 Å². The summed E-state index contributed by atoms with van der Waals surface area (Å²) < 4.78 is 19.4. The minimum absolute atomic E-state index is 0.213. The Balaban J connectivity index is 1.97. The number of benzene rings is 1. The number of nitrogens with one attached hydrogen (secondary N) is 1. The summed E-state index contributed by atoms with van der Waals surface area (Å²) in [5, 5.41) is 2.71. The number of hydrogen-bond acceptors (Lipinski definition) is 4. The van der Waals surface area contributed by atoms with Crippen LogP contribution in [0, 0.1) is 5.82 Å². The summed E-state index contributed by atoms with van der Waals surface area (Å²) in [4.78, 5) is 13.6. The normalized spacial score (nSPS) is 16.6. The summed E-state index contributed by atoms with van der Waals surface area (Å²) in [6.07, 6.45) is 0.580. The highest BCUT2D eigenvalue weighted by Gasteiger charge is 2.16. The van der Waals surface area contributed by atoms with Crippen molar-refractivity contribution in [2.75, 3.05) is 31.2 Å². The molecule has 1 fully saturated rings. The third-order valence-corrected chi connectivity index (χ3v) is 3.61. The quantitative estimate of drug-likeness (QED) is 0.851. The Morgan fingerprint density at radius 2 is 2.19 bits per heavy atom. The van der Waals surface area contributed by atoms with Crippen LogP contribution in [0.5, 0.6) is 0 Å². The zero-order chi connectivity index (χ0) is 15.2. The number of hydrogen-bond donors (Lipinski definition) is 2. The first kappa shape index (κ1) is 15.7. The molecule has 1 aromatic carbocycles. The number of carbonyl (C=O) groups is 1. The molecule has 2 rings (SSSR count). The maximum absolute atomic E-state index is 14.2. The average molecular weight is 295 g/mol. The molecule has 1 atom stereocenters. The first-order chi connectivity index (χ1) is 10.1. The van der Waals surface area contributed by atoms with Crippen LogP contribution in [-0.4, -0.2) is 38.3 Å². The molecule has 0 aliphatic carbocycles. The van der Waals surface area contributed by atoms with Crippen LogP contribution < -0.4 is 16.0 Å². The number of nitrogens with two attached hydrogens (primary N) is 1. The summed E-state index contributed by atoms with van der Waals surface area (Å²) in [5.41, 5.74) is 6.93. The van der Waals surface area contributed by atoms with Crippen LogP contribution in [0.15, 0.2) is 18.2 Å². The van der Waals surface area contributed by atoms with Crippen LogP contribution in [0.3, 0.4) is 0 Å². The van der Waals surface area contributed by atoms with Gasteiger partial charge >= 0.3 is 0 Å². The smallest absolute Gasteiger partial charge is 0.237 e. The first-order valence-electron chi connectivity index (χ1n) is 7.26. The lowest BCUT2D eigenvalue weighted by Gasteiger charge is -2.29. The number of ether oxygens (including phenoxy) is 1. The van der Waals surface area contributed by atoms with Gasteiger partial charge in [-0.1, -0.05) is 13.0 Å². The highest BCUT2D eigenvalue weighted by molar-refractivity contribution is 5.81. The molecule has 5 nitrogen and oxygen atoms in total. The molecule has 1 aliphatic rings. The molecule has 1 aliphatic heterocycles. The highest BCUT2D eigenvalue weighted by atomic mass is 19.1. The fourth-order valence-electron chi connectivity index (χ4n) is 2.23. The molecule has 0 saturated carbocycles. The topological polar surface area (TPSA) is 67.6 Å². The van der Waals surface area contributed by atoms with Gasteiger partial charge < -0.3 is 20.7 Å². The second-order valence-corrected chi connectivity index (χ2v) is 5.12. The number of morpholine rings is 1. The third-order valence-electron chi connectivity index (χ3n) is 3.61. The minimum atomic E-state index is -0.512. The molecule has 0 bridgehead atoms. The van der Waals surface area contributed by atoms with Crippen molar-refractivity contribution in [3.8, 4) is 0 Å². The van der Waals surface area contributed by atoms with Gasteiger partial charge in [-0.15, -0.1) is 0 Å². The monoisotopic (exact) mass is 295 g/mol. The van der Waals surface area contributed by atoms with Gasteiger partial charge in [-0.3, -0.25) is 4.79 Å². The molecule has 116 valence electrons. The molecule has 21 heavy (non-hydrogen) atoms. The molecule has 6 heteroatoms. The van der Waals surface area contributed by atoms with Crippen LogP contribution in [0.1, 0.15) is 18.9 Å². The number of anilines is 1. The van der Waals surface area contributed by atoms with E-state index in [9.17, 15) is 9.18 Å². The Hall–Kier alpha value is -1.66. The zero-order valence-electron chi connectivity index (χ0n) is 12.3. The van der Waals surface area contributed by atoms with Crippen LogP contribution in [-0.2, 0) is 16.1 Å². The molecule has 1 heterocycles. The van der Waals surface area contributed by atoms with E-state index in [-0.39, 0.29) is 18.3 Å². The fourth-order valence-corrected chi connectivity index (χ4v) is 2.23. The van der Waals surface area contributed by atoms with E-state index >= 15 is 0 Å². The predicted molar refractivity (Wildman–Crippen MR) is 79.5 cm³/mol. The van der Waals surface area contributed by atoms with E-state index < -0.39 is 6.04 Å². The summed E-state index contributed by atoms with van der Waals surface area (Å²) >= 11 is 0. The van der Waals surface area contributed by atoms with E-state index in [0.717, 1.165) is 5.56 Å². The number of nitrogens with zero attached hydrogens (tertiary/aromatic N) is 1. The molecule has 0 aromatic heterocycles. The van der Waals surface area contributed by atoms with Crippen molar-refractivity contribution in [2.45, 2.75) is 25.9 Å². The maximum Gasteiger partial charge on any atom is 0.237 e. The molecule has 0 spiro atoms. The van der Waals surface area contributed by atoms with Gasteiger partial charge in [0.2, 0.25) is 5.91 Å². The lowest BCUT2D eigenvalue weighted by molar-refractivity contribution is -0.122. The Morgan fingerprint density at radius 1 is 1.48 bits per heavy atom. The molecular formula is C15H22FN3O2. The van der Waals surface area contributed by atoms with Crippen molar-refractivity contribution in [1.82, 2.24) is 5.32 Å². The van der Waals surface area contributed by atoms with Crippen molar-refractivity contribution in [3.05, 3.63) is 29.6 Å². The van der Waals surface area contributed by atoms with Crippen LogP contribution in [0.4, 0.5) is 10.1 Å². The second-order valence-electron chi connectivity index (χ2n) is 5.12. The Kier molecular flexibility index (Phi) is 5.52. The summed E-state index contributed by atoms with van der Waals surface area (Å²) in [7, 11) is 0. The average Bonchev–Trinajstić information content (AvgIpc) is 2.52. The number of halogens is 1. The summed E-state index contributed by atoms with van der Waals surface area (Å²) in [5.74, 6) is -0.487. The van der Waals surface area contributed by atoms with Gasteiger partial charge in [0.05, 0.1) is 24.9 Å². The largest absolute Gasteiger partial charge is 0.378 e. The van der Waals surface area contributed by atoms with E-state index in [2.05, 4.69) is 5.32 Å². The maximum atomic E-state index is 14.2. The number of carbonyl (C=O) groups excluding carboxylic acids is 1. The SMILES string of the molecule is CC[C@@H](N)C(=O)NCc1ccc(N2CCOCC2)c(F)c1. The summed E-state index contributed by atoms with van der Waals surface area (Å²) in [6.45, 7) is 4.75. The van der Waals surface area contributed by atoms with E-state index in [4.69, 9.17) is 10.5 Å². The van der Waals surface area contributed by atoms with Crippen LogP contribution >= 0.6 is 0 Å². The lowest BCUT2D eigenvalue weighted by atomic mass is 10.1. The summed E-state index contributed by atoms with van der Waals surface area (Å²) in [6, 6.07) is 4.53. The molecular weight excluding hydrogens is 273 g/mol. The van der Waals surface area contributed by atoms with Gasteiger partial charge in [-0.05, 0) is 24.1 Å². The van der Waals surface area contributed by atoms with E-state index in [1.807, 2.05) is 17.9 Å². The third kappa shape index (κ3) is 4.15. The molecule has 1 aromatic rings. The molecule has 0 radical (unpaired) electrons. The van der Waals surface area contributed by atoms with Crippen LogP contribution in [0.25, 0.3) is 0 Å². The Morgan fingerprint density at radius 3 is 2.81 bits per heavy atom. The minimum Gasteiger partial charge on any atom is -0.378 e. The van der Waals surface area contributed by atoms with Crippen molar-refractivity contribution in [1.29, 1.82) is 0 Å². The Bertz CT molecular complexity index is 490.